The third-order valence-corrected chi connectivity index (χ3v) is 4.20. The lowest BCUT2D eigenvalue weighted by atomic mass is 10.1. The molecule has 20 heavy (non-hydrogen) atoms. The molecule has 1 fully saturated rings. The van der Waals surface area contributed by atoms with Gasteiger partial charge in [-0.1, -0.05) is 0 Å². The Bertz CT molecular complexity index is 595. The average Bonchev–Trinajstić information content (AvgIpc) is 3.00. The first-order valence-electron chi connectivity index (χ1n) is 7.07. The van der Waals surface area contributed by atoms with Crippen molar-refractivity contribution in [1.29, 1.82) is 0 Å². The lowest BCUT2D eigenvalue weighted by Gasteiger charge is -2.23. The third-order valence-electron chi connectivity index (χ3n) is 4.20. The number of hydrogen-bond donors (Lipinski definition) is 2. The first-order chi connectivity index (χ1) is 9.74. The second kappa shape index (κ2) is 4.31. The highest BCUT2D eigenvalue weighted by molar-refractivity contribution is 6.05. The van der Waals surface area contributed by atoms with Crippen LogP contribution in [0.4, 0.5) is 5.82 Å². The van der Waals surface area contributed by atoms with E-state index in [0.29, 0.717) is 24.5 Å². The quantitative estimate of drug-likeness (QED) is 0.701. The number of anilines is 1. The minimum atomic E-state index is -0.606. The third kappa shape index (κ3) is 1.66. The zero-order valence-electron chi connectivity index (χ0n) is 11.0. The fraction of sp³-hybridized carbons (Fsp3) is 0.615. The van der Waals surface area contributed by atoms with Gasteiger partial charge in [0.05, 0.1) is 6.04 Å². The van der Waals surface area contributed by atoms with E-state index < -0.39 is 6.10 Å². The summed E-state index contributed by atoms with van der Waals surface area (Å²) in [6.07, 6.45) is 3.01. The molecule has 2 N–H and O–H groups in total. The van der Waals surface area contributed by atoms with Crippen LogP contribution in [0, 0.1) is 0 Å². The fourth-order valence-corrected chi connectivity index (χ4v) is 3.22. The molecular formula is C13H16N4O3. The normalized spacial score (nSPS) is 28.6. The standard InChI is InChI=1S/C13H16N4O3/c18-12-9-11(15-8-3-1-2-5-17(8)9)16-13(19)10-7(14-12)4-6-20-10/h7,10H,1-6H2,(H,14,18)(H,16,19)/t7-,10+/m1/s1. The minimum absolute atomic E-state index is 0.166. The van der Waals surface area contributed by atoms with E-state index in [4.69, 9.17) is 4.74 Å². The second-order valence-electron chi connectivity index (χ2n) is 5.48. The highest BCUT2D eigenvalue weighted by Crippen LogP contribution is 2.26. The molecule has 4 heterocycles. The fourth-order valence-electron chi connectivity index (χ4n) is 3.22. The number of amides is 2. The van der Waals surface area contributed by atoms with Crippen LogP contribution in [0.15, 0.2) is 0 Å². The van der Waals surface area contributed by atoms with E-state index in [1.807, 2.05) is 4.57 Å². The number of ether oxygens (including phenoxy) is 1. The zero-order chi connectivity index (χ0) is 13.7. The number of aryl methyl sites for hydroxylation is 1. The van der Waals surface area contributed by atoms with E-state index in [1.54, 1.807) is 0 Å². The van der Waals surface area contributed by atoms with E-state index in [-0.39, 0.29) is 17.9 Å². The summed E-state index contributed by atoms with van der Waals surface area (Å²) < 4.78 is 7.34. The first-order valence-corrected chi connectivity index (χ1v) is 7.07. The molecule has 7 nitrogen and oxygen atoms in total. The van der Waals surface area contributed by atoms with Gasteiger partial charge in [0.15, 0.2) is 17.6 Å². The maximum absolute atomic E-state index is 12.5. The second-order valence-corrected chi connectivity index (χ2v) is 5.48. The van der Waals surface area contributed by atoms with Crippen LogP contribution in [0.1, 0.15) is 35.6 Å². The summed E-state index contributed by atoms with van der Waals surface area (Å²) in [6.45, 7) is 1.28. The lowest BCUT2D eigenvalue weighted by molar-refractivity contribution is -0.125. The van der Waals surface area contributed by atoms with Crippen molar-refractivity contribution >= 4 is 17.6 Å². The molecule has 3 aliphatic rings. The molecule has 1 aromatic heterocycles. The zero-order valence-corrected chi connectivity index (χ0v) is 11.0. The summed E-state index contributed by atoms with van der Waals surface area (Å²) >= 11 is 0. The Labute approximate surface area is 115 Å². The molecule has 7 heteroatoms. The predicted molar refractivity (Wildman–Crippen MR) is 69.4 cm³/mol. The van der Waals surface area contributed by atoms with Crippen molar-refractivity contribution in [2.24, 2.45) is 0 Å². The molecule has 4 rings (SSSR count). The lowest BCUT2D eigenvalue weighted by Crippen LogP contribution is -2.48. The molecule has 0 aliphatic carbocycles. The monoisotopic (exact) mass is 276 g/mol. The molecule has 2 amide bonds. The molecule has 3 aliphatic heterocycles. The van der Waals surface area contributed by atoms with E-state index in [9.17, 15) is 9.59 Å². The smallest absolute Gasteiger partial charge is 0.272 e. The van der Waals surface area contributed by atoms with Gasteiger partial charge in [-0.25, -0.2) is 4.98 Å². The molecular weight excluding hydrogens is 260 g/mol. The minimum Gasteiger partial charge on any atom is -0.366 e. The summed E-state index contributed by atoms with van der Waals surface area (Å²) in [5.41, 5.74) is 0.485. The van der Waals surface area contributed by atoms with Gasteiger partial charge in [-0.3, -0.25) is 9.59 Å². The van der Waals surface area contributed by atoms with Gasteiger partial charge in [0, 0.05) is 19.6 Å². The van der Waals surface area contributed by atoms with Crippen LogP contribution < -0.4 is 10.6 Å². The molecule has 0 unspecified atom stereocenters. The predicted octanol–water partition coefficient (Wildman–Crippen LogP) is 0.0588. The highest BCUT2D eigenvalue weighted by atomic mass is 16.5. The van der Waals surface area contributed by atoms with Crippen LogP contribution in [0.5, 0.6) is 0 Å². The molecule has 0 aromatic carbocycles. The van der Waals surface area contributed by atoms with Gasteiger partial charge in [0.25, 0.3) is 11.8 Å². The van der Waals surface area contributed by atoms with Gasteiger partial charge < -0.3 is 19.9 Å². The van der Waals surface area contributed by atoms with Gasteiger partial charge in [-0.2, -0.15) is 0 Å². The number of fused-ring (bicyclic) bond motifs is 4. The molecule has 2 atom stereocenters. The SMILES string of the molecule is O=C1N[C@@H]2CCO[C@@H]2C(=O)Nc2nc3n(c21)CCCC3. The largest absolute Gasteiger partial charge is 0.366 e. The number of rotatable bonds is 0. The number of carbonyl (C=O) groups excluding carboxylic acids is 2. The van der Waals surface area contributed by atoms with Gasteiger partial charge in [0.2, 0.25) is 0 Å². The average molecular weight is 276 g/mol. The molecule has 1 aromatic rings. The van der Waals surface area contributed by atoms with E-state index in [0.717, 1.165) is 31.6 Å². The van der Waals surface area contributed by atoms with Gasteiger partial charge in [-0.05, 0) is 19.3 Å². The summed E-state index contributed by atoms with van der Waals surface area (Å²) in [4.78, 5) is 29.1. The Morgan fingerprint density at radius 1 is 1.30 bits per heavy atom. The highest BCUT2D eigenvalue weighted by Gasteiger charge is 2.40. The van der Waals surface area contributed by atoms with Gasteiger partial charge in [-0.15, -0.1) is 0 Å². The Balaban J connectivity index is 1.79. The van der Waals surface area contributed by atoms with Crippen molar-refractivity contribution in [1.82, 2.24) is 14.9 Å². The topological polar surface area (TPSA) is 85.2 Å². The number of imidazole rings is 1. The maximum atomic E-state index is 12.5. The Morgan fingerprint density at radius 2 is 2.20 bits per heavy atom. The van der Waals surface area contributed by atoms with Crippen LogP contribution in [0.3, 0.4) is 0 Å². The number of nitrogens with zero attached hydrogens (tertiary/aromatic N) is 2. The number of aromatic nitrogens is 2. The van der Waals surface area contributed by atoms with Crippen molar-refractivity contribution in [3.63, 3.8) is 0 Å². The summed E-state index contributed by atoms with van der Waals surface area (Å²) in [7, 11) is 0. The van der Waals surface area contributed by atoms with Crippen molar-refractivity contribution in [2.45, 2.75) is 44.4 Å². The molecule has 0 saturated carbocycles. The number of hydrogen-bond acceptors (Lipinski definition) is 4. The van der Waals surface area contributed by atoms with Crippen LogP contribution in [0.2, 0.25) is 0 Å². The number of nitrogens with one attached hydrogen (secondary N) is 2. The Morgan fingerprint density at radius 3 is 3.10 bits per heavy atom. The van der Waals surface area contributed by atoms with Crippen molar-refractivity contribution in [3.05, 3.63) is 11.5 Å². The van der Waals surface area contributed by atoms with Crippen LogP contribution >= 0.6 is 0 Å². The molecule has 0 radical (unpaired) electrons. The summed E-state index contributed by atoms with van der Waals surface area (Å²) in [5.74, 6) is 0.869. The Hall–Kier alpha value is -1.89. The van der Waals surface area contributed by atoms with E-state index >= 15 is 0 Å². The molecule has 0 spiro atoms. The maximum Gasteiger partial charge on any atom is 0.272 e. The van der Waals surface area contributed by atoms with E-state index in [2.05, 4.69) is 15.6 Å². The summed E-state index contributed by atoms with van der Waals surface area (Å²) in [5, 5.41) is 5.68. The van der Waals surface area contributed by atoms with Crippen molar-refractivity contribution in [2.75, 3.05) is 11.9 Å². The molecule has 1 saturated heterocycles. The van der Waals surface area contributed by atoms with Crippen LogP contribution in [-0.4, -0.2) is 40.1 Å². The molecule has 106 valence electrons. The Kier molecular flexibility index (Phi) is 2.56. The first kappa shape index (κ1) is 11.9. The van der Waals surface area contributed by atoms with Crippen LogP contribution in [0.25, 0.3) is 0 Å². The van der Waals surface area contributed by atoms with Gasteiger partial charge >= 0.3 is 0 Å². The number of carbonyl (C=O) groups is 2. The van der Waals surface area contributed by atoms with E-state index in [1.165, 1.54) is 0 Å². The van der Waals surface area contributed by atoms with Gasteiger partial charge in [0.1, 0.15) is 5.82 Å². The molecule has 0 bridgehead atoms. The van der Waals surface area contributed by atoms with Crippen molar-refractivity contribution < 1.29 is 14.3 Å². The summed E-state index contributed by atoms with van der Waals surface area (Å²) in [6, 6.07) is -0.245. The van der Waals surface area contributed by atoms with Crippen LogP contribution in [-0.2, 0) is 22.5 Å². The van der Waals surface area contributed by atoms with Crippen molar-refractivity contribution in [3.8, 4) is 0 Å².